The first-order valence-electron chi connectivity index (χ1n) is 7.58. The fraction of sp³-hybridized carbons (Fsp3) is 0.333. The van der Waals surface area contributed by atoms with Crippen LogP contribution in [-0.4, -0.2) is 11.4 Å². The molecule has 1 aliphatic heterocycles. The van der Waals surface area contributed by atoms with E-state index in [4.69, 9.17) is 9.78 Å². The molecule has 0 unspecified atom stereocenters. The van der Waals surface area contributed by atoms with Gasteiger partial charge in [0.2, 0.25) is 0 Å². The number of hydrogen-bond acceptors (Lipinski definition) is 3. The Kier molecular flexibility index (Phi) is 4.65. The van der Waals surface area contributed by atoms with Crippen LogP contribution in [-0.2, 0) is 9.78 Å². The van der Waals surface area contributed by atoms with E-state index in [0.717, 1.165) is 30.5 Å². The molecule has 3 heteroatoms. The van der Waals surface area contributed by atoms with Crippen LogP contribution in [0.3, 0.4) is 0 Å². The minimum absolute atomic E-state index is 0.136. The van der Waals surface area contributed by atoms with Gasteiger partial charge in [0.05, 0.1) is 0 Å². The highest BCUT2D eigenvalue weighted by molar-refractivity contribution is 5.21. The summed E-state index contributed by atoms with van der Waals surface area (Å²) in [5, 5.41) is 0. The van der Waals surface area contributed by atoms with Crippen LogP contribution in [0.2, 0.25) is 0 Å². The van der Waals surface area contributed by atoms with Crippen LogP contribution >= 0.6 is 0 Å². The maximum absolute atomic E-state index is 5.64. The summed E-state index contributed by atoms with van der Waals surface area (Å²) in [7, 11) is 0. The Balaban J connectivity index is 1.85. The molecule has 0 aliphatic carbocycles. The lowest BCUT2D eigenvalue weighted by molar-refractivity contribution is -0.300. The van der Waals surface area contributed by atoms with E-state index in [1.54, 1.807) is 0 Å². The summed E-state index contributed by atoms with van der Waals surface area (Å²) < 4.78 is 0. The lowest BCUT2D eigenvalue weighted by Gasteiger charge is -2.25. The molecule has 3 rings (SSSR count). The highest BCUT2D eigenvalue weighted by Gasteiger charge is 2.37. The van der Waals surface area contributed by atoms with E-state index >= 15 is 0 Å². The third-order valence-corrected chi connectivity index (χ3v) is 3.78. The van der Waals surface area contributed by atoms with E-state index in [9.17, 15) is 0 Å². The molecule has 3 nitrogen and oxygen atoms in total. The van der Waals surface area contributed by atoms with E-state index < -0.39 is 0 Å². The molecule has 0 radical (unpaired) electrons. The van der Waals surface area contributed by atoms with Gasteiger partial charge in [-0.1, -0.05) is 74.0 Å². The summed E-state index contributed by atoms with van der Waals surface area (Å²) in [5.41, 5.74) is 2.26. The Labute approximate surface area is 126 Å². The quantitative estimate of drug-likeness (QED) is 0.757. The molecule has 0 N–H and O–H groups in total. The second-order valence-corrected chi connectivity index (χ2v) is 5.31. The van der Waals surface area contributed by atoms with Crippen molar-refractivity contribution in [2.75, 3.05) is 6.54 Å². The third-order valence-electron chi connectivity index (χ3n) is 3.78. The van der Waals surface area contributed by atoms with E-state index in [2.05, 4.69) is 36.1 Å². The monoisotopic (exact) mass is 283 g/mol. The van der Waals surface area contributed by atoms with Gasteiger partial charge in [0.1, 0.15) is 0 Å². The number of rotatable bonds is 5. The van der Waals surface area contributed by atoms with E-state index in [1.165, 1.54) is 0 Å². The molecule has 2 aromatic carbocycles. The fourth-order valence-corrected chi connectivity index (χ4v) is 2.64. The normalized spacial score (nSPS) is 22.5. The summed E-state index contributed by atoms with van der Waals surface area (Å²) in [6.07, 6.45) is 2.00. The van der Waals surface area contributed by atoms with Gasteiger partial charge in [-0.25, -0.2) is 14.7 Å². The van der Waals surface area contributed by atoms with E-state index in [1.807, 2.05) is 36.4 Å². The van der Waals surface area contributed by atoms with Crippen LogP contribution in [0.15, 0.2) is 60.7 Å². The molecule has 1 fully saturated rings. The number of nitrogens with zero attached hydrogens (tertiary/aromatic N) is 1. The zero-order chi connectivity index (χ0) is 14.5. The van der Waals surface area contributed by atoms with Gasteiger partial charge in [-0.3, -0.25) is 0 Å². The average Bonchev–Trinajstić information content (AvgIpc) is 2.98. The number of hydrogen-bond donors (Lipinski definition) is 0. The maximum atomic E-state index is 5.64. The SMILES string of the molecule is CCCCN1[C@@H](c2ccccc2)OO[C@H]1c1ccccc1. The zero-order valence-electron chi connectivity index (χ0n) is 12.3. The Hall–Kier alpha value is -1.68. The minimum atomic E-state index is -0.136. The van der Waals surface area contributed by atoms with E-state index in [-0.39, 0.29) is 12.5 Å². The first-order valence-corrected chi connectivity index (χ1v) is 7.58. The van der Waals surface area contributed by atoms with Crippen LogP contribution in [0.25, 0.3) is 0 Å². The van der Waals surface area contributed by atoms with Crippen molar-refractivity contribution in [2.45, 2.75) is 32.2 Å². The predicted octanol–water partition coefficient (Wildman–Crippen LogP) is 4.45. The van der Waals surface area contributed by atoms with Crippen molar-refractivity contribution in [2.24, 2.45) is 0 Å². The molecule has 21 heavy (non-hydrogen) atoms. The molecule has 0 amide bonds. The summed E-state index contributed by atoms with van der Waals surface area (Å²) in [6.45, 7) is 3.16. The molecule has 0 saturated carbocycles. The Morgan fingerprint density at radius 1 is 0.810 bits per heavy atom. The first kappa shape index (κ1) is 14.3. The standard InChI is InChI=1S/C18H21NO2/c1-2-3-14-19-17(15-10-6-4-7-11-15)20-21-18(19)16-12-8-5-9-13-16/h4-13,17-18H,2-3,14H2,1H3/t17-,18+. The van der Waals surface area contributed by atoms with Gasteiger partial charge in [0.25, 0.3) is 0 Å². The van der Waals surface area contributed by atoms with Crippen molar-refractivity contribution >= 4 is 0 Å². The molecule has 1 saturated heterocycles. The van der Waals surface area contributed by atoms with Crippen molar-refractivity contribution in [3.05, 3.63) is 71.8 Å². The lowest BCUT2D eigenvalue weighted by atomic mass is 10.1. The Morgan fingerprint density at radius 2 is 1.29 bits per heavy atom. The Morgan fingerprint density at radius 3 is 1.71 bits per heavy atom. The van der Waals surface area contributed by atoms with Crippen LogP contribution in [0.4, 0.5) is 0 Å². The molecule has 2 aromatic rings. The largest absolute Gasteiger partial charge is 0.239 e. The van der Waals surface area contributed by atoms with Crippen molar-refractivity contribution in [1.29, 1.82) is 0 Å². The minimum Gasteiger partial charge on any atom is -0.239 e. The van der Waals surface area contributed by atoms with Crippen molar-refractivity contribution in [1.82, 2.24) is 4.90 Å². The van der Waals surface area contributed by atoms with Gasteiger partial charge in [-0.2, -0.15) is 0 Å². The van der Waals surface area contributed by atoms with Crippen molar-refractivity contribution in [3.8, 4) is 0 Å². The zero-order valence-corrected chi connectivity index (χ0v) is 12.3. The first-order chi connectivity index (χ1) is 10.4. The Bertz CT molecular complexity index is 496. The highest BCUT2D eigenvalue weighted by atomic mass is 17.2. The number of unbranched alkanes of at least 4 members (excludes halogenated alkanes) is 1. The smallest absolute Gasteiger partial charge is 0.174 e. The molecule has 1 aliphatic rings. The van der Waals surface area contributed by atoms with Gasteiger partial charge in [-0.15, -0.1) is 0 Å². The van der Waals surface area contributed by atoms with Gasteiger partial charge in [-0.05, 0) is 17.5 Å². The van der Waals surface area contributed by atoms with Crippen LogP contribution in [0.1, 0.15) is 43.3 Å². The molecule has 0 aromatic heterocycles. The van der Waals surface area contributed by atoms with Gasteiger partial charge in [0, 0.05) is 6.54 Å². The third kappa shape index (κ3) is 3.16. The maximum Gasteiger partial charge on any atom is 0.174 e. The summed E-state index contributed by atoms with van der Waals surface area (Å²) in [6, 6.07) is 20.5. The summed E-state index contributed by atoms with van der Waals surface area (Å²) in [4.78, 5) is 13.6. The van der Waals surface area contributed by atoms with Crippen LogP contribution in [0, 0.1) is 0 Å². The molecule has 2 atom stereocenters. The van der Waals surface area contributed by atoms with E-state index in [0.29, 0.717) is 0 Å². The van der Waals surface area contributed by atoms with Crippen LogP contribution in [0.5, 0.6) is 0 Å². The lowest BCUT2D eigenvalue weighted by Crippen LogP contribution is -2.28. The molecular weight excluding hydrogens is 262 g/mol. The average molecular weight is 283 g/mol. The molecule has 110 valence electrons. The second kappa shape index (κ2) is 6.85. The predicted molar refractivity (Wildman–Crippen MR) is 82.2 cm³/mol. The molecule has 0 bridgehead atoms. The van der Waals surface area contributed by atoms with Gasteiger partial charge in [0.15, 0.2) is 12.5 Å². The highest BCUT2D eigenvalue weighted by Crippen LogP contribution is 2.39. The topological polar surface area (TPSA) is 21.7 Å². The fourth-order valence-electron chi connectivity index (χ4n) is 2.64. The van der Waals surface area contributed by atoms with Gasteiger partial charge >= 0.3 is 0 Å². The summed E-state index contributed by atoms with van der Waals surface area (Å²) >= 11 is 0. The second-order valence-electron chi connectivity index (χ2n) is 5.31. The summed E-state index contributed by atoms with van der Waals surface area (Å²) in [5.74, 6) is 0. The van der Waals surface area contributed by atoms with Crippen LogP contribution < -0.4 is 0 Å². The van der Waals surface area contributed by atoms with Crippen molar-refractivity contribution < 1.29 is 9.78 Å². The number of benzene rings is 2. The van der Waals surface area contributed by atoms with Crippen molar-refractivity contribution in [3.63, 3.8) is 0 Å². The molecule has 0 spiro atoms. The molecule has 1 heterocycles. The van der Waals surface area contributed by atoms with Gasteiger partial charge < -0.3 is 0 Å². The molecular formula is C18H21NO2.